The summed E-state index contributed by atoms with van der Waals surface area (Å²) in [5.74, 6) is -0.167. The van der Waals surface area contributed by atoms with Crippen LogP contribution in [0.1, 0.15) is 34.1 Å². The van der Waals surface area contributed by atoms with Gasteiger partial charge < -0.3 is 18.8 Å². The topological polar surface area (TPSA) is 66.8 Å². The van der Waals surface area contributed by atoms with Gasteiger partial charge in [-0.1, -0.05) is 24.8 Å². The molecule has 6 nitrogen and oxygen atoms in total. The van der Waals surface area contributed by atoms with Crippen LogP contribution in [0, 0.1) is 13.8 Å². The second-order valence-corrected chi connectivity index (χ2v) is 7.34. The summed E-state index contributed by atoms with van der Waals surface area (Å²) < 4.78 is 17.7. The Morgan fingerprint density at radius 3 is 2.48 bits per heavy atom. The van der Waals surface area contributed by atoms with Crippen molar-refractivity contribution < 1.29 is 23.8 Å². The molecule has 1 heterocycles. The van der Waals surface area contributed by atoms with Crippen molar-refractivity contribution in [3.05, 3.63) is 77.5 Å². The van der Waals surface area contributed by atoms with E-state index in [1.165, 1.54) is 7.11 Å². The zero-order chi connectivity index (χ0) is 22.5. The molecule has 2 aromatic carbocycles. The van der Waals surface area contributed by atoms with Crippen LogP contribution < -0.4 is 4.74 Å². The lowest BCUT2D eigenvalue weighted by molar-refractivity contribution is -0.147. The summed E-state index contributed by atoms with van der Waals surface area (Å²) in [6.07, 6.45) is 0.885. The molecule has 0 spiro atoms. The Labute approximate surface area is 182 Å². The Morgan fingerprint density at radius 1 is 1.13 bits per heavy atom. The molecule has 3 rings (SSSR count). The Kier molecular flexibility index (Phi) is 6.80. The van der Waals surface area contributed by atoms with Crippen LogP contribution in [0.4, 0.5) is 0 Å². The minimum absolute atomic E-state index is 0.189. The summed E-state index contributed by atoms with van der Waals surface area (Å²) in [6, 6.07) is 13.3. The summed E-state index contributed by atoms with van der Waals surface area (Å²) in [5.41, 5.74) is 4.92. The van der Waals surface area contributed by atoms with Gasteiger partial charge in [0.2, 0.25) is 0 Å². The van der Waals surface area contributed by atoms with E-state index < -0.39 is 12.1 Å². The van der Waals surface area contributed by atoms with E-state index in [-0.39, 0.29) is 12.6 Å². The molecule has 0 bridgehead atoms. The summed E-state index contributed by atoms with van der Waals surface area (Å²) in [4.78, 5) is 23.7. The SMILES string of the molecule is C=CCOC(=O)c1ccc2c(c1)c(C)c(C)n2Cc1ccc(O[C@@H](C)C(=O)OC)cc1. The van der Waals surface area contributed by atoms with Crippen molar-refractivity contribution in [2.75, 3.05) is 13.7 Å². The molecule has 0 radical (unpaired) electrons. The molecule has 1 atom stereocenters. The number of aryl methyl sites for hydroxylation is 1. The molecule has 31 heavy (non-hydrogen) atoms. The van der Waals surface area contributed by atoms with Crippen LogP contribution in [-0.2, 0) is 20.8 Å². The summed E-state index contributed by atoms with van der Waals surface area (Å²) in [5, 5.41) is 1.03. The van der Waals surface area contributed by atoms with Crippen LogP contribution in [0.2, 0.25) is 0 Å². The van der Waals surface area contributed by atoms with E-state index in [9.17, 15) is 9.59 Å². The predicted octanol–water partition coefficient (Wildman–Crippen LogP) is 4.59. The molecule has 0 fully saturated rings. The normalized spacial score (nSPS) is 11.7. The quantitative estimate of drug-likeness (QED) is 0.393. The standard InChI is InChI=1S/C25H27NO5/c1-6-13-30-25(28)20-9-12-23-22(14-20)16(2)17(3)26(23)15-19-7-10-21(11-8-19)31-18(4)24(27)29-5/h6-12,14,18H,1,13,15H2,2-5H3/t18-/m0/s1. The van der Waals surface area contributed by atoms with Crippen LogP contribution >= 0.6 is 0 Å². The fraction of sp³-hybridized carbons (Fsp3) is 0.280. The van der Waals surface area contributed by atoms with Crippen molar-refractivity contribution in [3.8, 4) is 5.75 Å². The second-order valence-electron chi connectivity index (χ2n) is 7.34. The second kappa shape index (κ2) is 9.51. The summed E-state index contributed by atoms with van der Waals surface area (Å²) in [7, 11) is 1.34. The highest BCUT2D eigenvalue weighted by atomic mass is 16.6. The van der Waals surface area contributed by atoms with Gasteiger partial charge >= 0.3 is 11.9 Å². The summed E-state index contributed by atoms with van der Waals surface area (Å²) in [6.45, 7) is 10.2. The first-order chi connectivity index (χ1) is 14.8. The van der Waals surface area contributed by atoms with Gasteiger partial charge in [0.15, 0.2) is 6.10 Å². The molecule has 162 valence electrons. The van der Waals surface area contributed by atoms with Gasteiger partial charge in [0.05, 0.1) is 12.7 Å². The van der Waals surface area contributed by atoms with Gasteiger partial charge in [-0.15, -0.1) is 0 Å². The Morgan fingerprint density at radius 2 is 1.84 bits per heavy atom. The largest absolute Gasteiger partial charge is 0.479 e. The fourth-order valence-corrected chi connectivity index (χ4v) is 3.47. The molecule has 6 heteroatoms. The van der Waals surface area contributed by atoms with Crippen molar-refractivity contribution in [1.29, 1.82) is 0 Å². The molecule has 0 aliphatic rings. The van der Waals surface area contributed by atoms with Crippen LogP contribution in [-0.4, -0.2) is 36.3 Å². The molecule has 0 aliphatic carbocycles. The maximum absolute atomic E-state index is 12.2. The van der Waals surface area contributed by atoms with Crippen LogP contribution in [0.3, 0.4) is 0 Å². The number of aromatic nitrogens is 1. The van der Waals surface area contributed by atoms with Crippen LogP contribution in [0.15, 0.2) is 55.1 Å². The third-order valence-corrected chi connectivity index (χ3v) is 5.32. The zero-order valence-electron chi connectivity index (χ0n) is 18.3. The highest BCUT2D eigenvalue weighted by Crippen LogP contribution is 2.28. The van der Waals surface area contributed by atoms with Gasteiger partial charge in [-0.05, 0) is 62.2 Å². The highest BCUT2D eigenvalue weighted by molar-refractivity contribution is 5.96. The van der Waals surface area contributed by atoms with Gasteiger partial charge in [-0.2, -0.15) is 0 Å². The minimum atomic E-state index is -0.665. The van der Waals surface area contributed by atoms with Gasteiger partial charge in [-0.3, -0.25) is 0 Å². The maximum atomic E-state index is 12.2. The molecular weight excluding hydrogens is 394 g/mol. The third-order valence-electron chi connectivity index (χ3n) is 5.32. The Balaban J connectivity index is 1.83. The Hall–Kier alpha value is -3.54. The number of benzene rings is 2. The number of hydrogen-bond acceptors (Lipinski definition) is 5. The lowest BCUT2D eigenvalue weighted by Gasteiger charge is -2.13. The van der Waals surface area contributed by atoms with Crippen molar-refractivity contribution in [2.24, 2.45) is 0 Å². The van der Waals surface area contributed by atoms with Gasteiger partial charge in [-0.25, -0.2) is 9.59 Å². The number of nitrogens with zero attached hydrogens (tertiary/aromatic N) is 1. The zero-order valence-corrected chi connectivity index (χ0v) is 18.3. The van der Waals surface area contributed by atoms with Crippen LogP contribution in [0.25, 0.3) is 10.9 Å². The predicted molar refractivity (Wildman–Crippen MR) is 120 cm³/mol. The van der Waals surface area contributed by atoms with Crippen LogP contribution in [0.5, 0.6) is 5.75 Å². The van der Waals surface area contributed by atoms with E-state index in [0.717, 1.165) is 27.7 Å². The van der Waals surface area contributed by atoms with E-state index in [1.807, 2.05) is 36.4 Å². The van der Waals surface area contributed by atoms with Crippen molar-refractivity contribution in [2.45, 2.75) is 33.4 Å². The van der Waals surface area contributed by atoms with E-state index in [1.54, 1.807) is 19.1 Å². The molecular formula is C25H27NO5. The molecule has 0 aliphatic heterocycles. The molecule has 0 N–H and O–H groups in total. The summed E-state index contributed by atoms with van der Waals surface area (Å²) >= 11 is 0. The van der Waals surface area contributed by atoms with E-state index >= 15 is 0 Å². The highest BCUT2D eigenvalue weighted by Gasteiger charge is 2.16. The molecule has 0 amide bonds. The van der Waals surface area contributed by atoms with Gasteiger partial charge in [0.25, 0.3) is 0 Å². The average molecular weight is 421 g/mol. The first kappa shape index (κ1) is 22.2. The van der Waals surface area contributed by atoms with Gasteiger partial charge in [0.1, 0.15) is 12.4 Å². The van der Waals surface area contributed by atoms with Gasteiger partial charge in [0, 0.05) is 23.1 Å². The fourth-order valence-electron chi connectivity index (χ4n) is 3.47. The number of carbonyl (C=O) groups is 2. The van der Waals surface area contributed by atoms with E-state index in [2.05, 4.69) is 29.7 Å². The Bertz CT molecular complexity index is 1110. The lowest BCUT2D eigenvalue weighted by Crippen LogP contribution is -2.24. The first-order valence-electron chi connectivity index (χ1n) is 10.1. The van der Waals surface area contributed by atoms with Crippen molar-refractivity contribution >= 4 is 22.8 Å². The lowest BCUT2D eigenvalue weighted by atomic mass is 10.1. The molecule has 1 aromatic heterocycles. The average Bonchev–Trinajstić information content (AvgIpc) is 3.02. The third kappa shape index (κ3) is 4.79. The molecule has 0 unspecified atom stereocenters. The number of ether oxygens (including phenoxy) is 3. The molecule has 3 aromatic rings. The van der Waals surface area contributed by atoms with E-state index in [0.29, 0.717) is 17.9 Å². The first-order valence-corrected chi connectivity index (χ1v) is 10.1. The number of esters is 2. The molecule has 0 saturated heterocycles. The number of fused-ring (bicyclic) bond motifs is 1. The smallest absolute Gasteiger partial charge is 0.346 e. The number of rotatable bonds is 8. The number of hydrogen-bond donors (Lipinski definition) is 0. The number of methoxy groups -OCH3 is 1. The number of carbonyl (C=O) groups excluding carboxylic acids is 2. The minimum Gasteiger partial charge on any atom is -0.479 e. The molecule has 0 saturated carbocycles. The van der Waals surface area contributed by atoms with Crippen molar-refractivity contribution in [3.63, 3.8) is 0 Å². The monoisotopic (exact) mass is 421 g/mol. The maximum Gasteiger partial charge on any atom is 0.346 e. The van der Waals surface area contributed by atoms with Crippen molar-refractivity contribution in [1.82, 2.24) is 4.57 Å². The van der Waals surface area contributed by atoms with E-state index in [4.69, 9.17) is 9.47 Å².